The monoisotopic (exact) mass is 200 g/mol. The number of ether oxygens (including phenoxy) is 1. The number of rotatable bonds is 5. The van der Waals surface area contributed by atoms with Crippen LogP contribution < -0.4 is 5.73 Å². The average molecular weight is 200 g/mol. The maximum Gasteiger partial charge on any atom is 0.0624 e. The molecule has 2 N–H and O–H groups in total. The van der Waals surface area contributed by atoms with E-state index in [1.165, 1.54) is 13.0 Å². The van der Waals surface area contributed by atoms with Crippen molar-refractivity contribution in [3.63, 3.8) is 0 Å². The van der Waals surface area contributed by atoms with E-state index < -0.39 is 0 Å². The molecule has 1 heterocycles. The van der Waals surface area contributed by atoms with Crippen molar-refractivity contribution in [2.75, 3.05) is 32.8 Å². The van der Waals surface area contributed by atoms with E-state index in [-0.39, 0.29) is 11.5 Å². The van der Waals surface area contributed by atoms with Crippen LogP contribution in [0, 0.1) is 5.41 Å². The second kappa shape index (κ2) is 5.10. The molecule has 0 radical (unpaired) electrons. The first-order valence-electron chi connectivity index (χ1n) is 5.68. The molecule has 2 atom stereocenters. The van der Waals surface area contributed by atoms with Crippen molar-refractivity contribution in [1.29, 1.82) is 0 Å². The lowest BCUT2D eigenvalue weighted by Gasteiger charge is -2.33. The summed E-state index contributed by atoms with van der Waals surface area (Å²) in [4.78, 5) is 2.47. The van der Waals surface area contributed by atoms with E-state index in [1.807, 2.05) is 0 Å². The van der Waals surface area contributed by atoms with Crippen LogP contribution in [0.3, 0.4) is 0 Å². The molecule has 3 heteroatoms. The number of hydrogen-bond acceptors (Lipinski definition) is 3. The van der Waals surface area contributed by atoms with Crippen LogP contribution >= 0.6 is 0 Å². The van der Waals surface area contributed by atoms with Crippen molar-refractivity contribution in [3.05, 3.63) is 0 Å². The van der Waals surface area contributed by atoms with E-state index in [0.717, 1.165) is 26.3 Å². The molecule has 0 spiro atoms. The van der Waals surface area contributed by atoms with Crippen molar-refractivity contribution < 1.29 is 4.74 Å². The first-order chi connectivity index (χ1) is 6.62. The summed E-state index contributed by atoms with van der Waals surface area (Å²) in [6.45, 7) is 11.5. The molecule has 0 aromatic heterocycles. The van der Waals surface area contributed by atoms with Gasteiger partial charge in [0.2, 0.25) is 0 Å². The number of nitrogens with zero attached hydrogens (tertiary/aromatic N) is 1. The second-order valence-corrected chi connectivity index (χ2v) is 4.64. The van der Waals surface area contributed by atoms with Crippen LogP contribution in [0.1, 0.15) is 27.2 Å². The zero-order valence-electron chi connectivity index (χ0n) is 9.75. The van der Waals surface area contributed by atoms with E-state index in [9.17, 15) is 0 Å². The van der Waals surface area contributed by atoms with Gasteiger partial charge in [-0.05, 0) is 19.5 Å². The average Bonchev–Trinajstić information content (AvgIpc) is 2.47. The molecule has 84 valence electrons. The van der Waals surface area contributed by atoms with Gasteiger partial charge < -0.3 is 15.4 Å². The molecule has 1 aliphatic rings. The zero-order chi connectivity index (χ0) is 10.6. The van der Waals surface area contributed by atoms with E-state index in [4.69, 9.17) is 10.5 Å². The van der Waals surface area contributed by atoms with Crippen LogP contribution in [0.4, 0.5) is 0 Å². The molecule has 2 unspecified atom stereocenters. The first-order valence-corrected chi connectivity index (χ1v) is 5.68. The molecule has 0 saturated carbocycles. The molecule has 1 fully saturated rings. The van der Waals surface area contributed by atoms with E-state index >= 15 is 0 Å². The number of hydrogen-bond donors (Lipinski definition) is 1. The predicted octanol–water partition coefficient (Wildman–Crippen LogP) is 1.08. The van der Waals surface area contributed by atoms with E-state index in [1.54, 1.807) is 0 Å². The van der Waals surface area contributed by atoms with Gasteiger partial charge in [-0.3, -0.25) is 0 Å². The molecule has 0 aliphatic carbocycles. The Morgan fingerprint density at radius 1 is 1.50 bits per heavy atom. The second-order valence-electron chi connectivity index (χ2n) is 4.64. The summed E-state index contributed by atoms with van der Waals surface area (Å²) in [6, 6.07) is 0.202. The largest absolute Gasteiger partial charge is 0.379 e. The molecule has 1 aliphatic heterocycles. The fourth-order valence-electron chi connectivity index (χ4n) is 2.07. The number of nitrogens with two attached hydrogens (primary N) is 1. The molecule has 14 heavy (non-hydrogen) atoms. The summed E-state index contributed by atoms with van der Waals surface area (Å²) in [5, 5.41) is 0. The summed E-state index contributed by atoms with van der Waals surface area (Å²) in [7, 11) is 0. The van der Waals surface area contributed by atoms with Crippen molar-refractivity contribution in [2.24, 2.45) is 11.1 Å². The third-order valence-electron chi connectivity index (χ3n) is 3.20. The lowest BCUT2D eigenvalue weighted by molar-refractivity contribution is 0.121. The summed E-state index contributed by atoms with van der Waals surface area (Å²) >= 11 is 0. The van der Waals surface area contributed by atoms with Gasteiger partial charge in [0.25, 0.3) is 0 Å². The van der Waals surface area contributed by atoms with Gasteiger partial charge in [0.05, 0.1) is 13.2 Å². The topological polar surface area (TPSA) is 38.5 Å². The molecular formula is C11H24N2O. The minimum Gasteiger partial charge on any atom is -0.379 e. The predicted molar refractivity (Wildman–Crippen MR) is 59.3 cm³/mol. The van der Waals surface area contributed by atoms with Crippen LogP contribution in [0.25, 0.3) is 0 Å². The van der Waals surface area contributed by atoms with Gasteiger partial charge in [0.15, 0.2) is 0 Å². The fourth-order valence-corrected chi connectivity index (χ4v) is 2.07. The van der Waals surface area contributed by atoms with Crippen molar-refractivity contribution in [3.8, 4) is 0 Å². The summed E-state index contributed by atoms with van der Waals surface area (Å²) in [5.74, 6) is 0. The molecular weight excluding hydrogens is 176 g/mol. The lowest BCUT2D eigenvalue weighted by atomic mass is 9.85. The van der Waals surface area contributed by atoms with Gasteiger partial charge >= 0.3 is 0 Å². The Hall–Kier alpha value is -0.120. The van der Waals surface area contributed by atoms with Crippen LogP contribution in [0.15, 0.2) is 0 Å². The van der Waals surface area contributed by atoms with E-state index in [0.29, 0.717) is 0 Å². The van der Waals surface area contributed by atoms with E-state index in [2.05, 4.69) is 25.7 Å². The highest BCUT2D eigenvalue weighted by atomic mass is 16.5. The van der Waals surface area contributed by atoms with Crippen LogP contribution in [-0.4, -0.2) is 43.8 Å². The third kappa shape index (κ3) is 2.69. The summed E-state index contributed by atoms with van der Waals surface area (Å²) in [5.41, 5.74) is 6.22. The Labute approximate surface area is 87.6 Å². The molecule has 1 saturated heterocycles. The Morgan fingerprint density at radius 3 is 2.64 bits per heavy atom. The zero-order valence-corrected chi connectivity index (χ0v) is 9.75. The lowest BCUT2D eigenvalue weighted by Crippen LogP contribution is -2.47. The van der Waals surface area contributed by atoms with Gasteiger partial charge in [-0.2, -0.15) is 0 Å². The molecule has 1 rings (SSSR count). The van der Waals surface area contributed by atoms with Gasteiger partial charge in [-0.25, -0.2) is 0 Å². The highest BCUT2D eigenvalue weighted by Crippen LogP contribution is 2.27. The van der Waals surface area contributed by atoms with Crippen molar-refractivity contribution in [2.45, 2.75) is 33.2 Å². The Morgan fingerprint density at radius 2 is 2.21 bits per heavy atom. The van der Waals surface area contributed by atoms with Gasteiger partial charge in [0.1, 0.15) is 0 Å². The maximum atomic E-state index is 6.06. The van der Waals surface area contributed by atoms with Crippen molar-refractivity contribution >= 4 is 0 Å². The fraction of sp³-hybridized carbons (Fsp3) is 1.00. The quantitative estimate of drug-likeness (QED) is 0.722. The van der Waals surface area contributed by atoms with Gasteiger partial charge in [0, 0.05) is 18.0 Å². The van der Waals surface area contributed by atoms with Crippen molar-refractivity contribution in [1.82, 2.24) is 4.90 Å². The SMILES string of the molecule is CCCN(CC)CC1(C)COCC1N. The maximum absolute atomic E-state index is 6.06. The molecule has 0 aromatic carbocycles. The van der Waals surface area contributed by atoms with Crippen LogP contribution in [0.5, 0.6) is 0 Å². The minimum atomic E-state index is 0.158. The third-order valence-corrected chi connectivity index (χ3v) is 3.20. The minimum absolute atomic E-state index is 0.158. The molecule has 3 nitrogen and oxygen atoms in total. The highest BCUT2D eigenvalue weighted by Gasteiger charge is 2.38. The van der Waals surface area contributed by atoms with Crippen LogP contribution in [0.2, 0.25) is 0 Å². The Balaban J connectivity index is 2.47. The summed E-state index contributed by atoms with van der Waals surface area (Å²) < 4.78 is 5.44. The summed E-state index contributed by atoms with van der Waals surface area (Å²) in [6.07, 6.45) is 1.21. The Bertz CT molecular complexity index is 175. The standard InChI is InChI=1S/C11H24N2O/c1-4-6-13(5-2)8-11(3)9-14-7-10(11)12/h10H,4-9,12H2,1-3H3. The first kappa shape index (κ1) is 12.0. The molecule has 0 aromatic rings. The highest BCUT2D eigenvalue weighted by molar-refractivity contribution is 4.92. The normalized spacial score (nSPS) is 32.8. The van der Waals surface area contributed by atoms with Gasteiger partial charge in [-0.15, -0.1) is 0 Å². The molecule has 0 amide bonds. The van der Waals surface area contributed by atoms with Gasteiger partial charge in [-0.1, -0.05) is 20.8 Å². The Kier molecular flexibility index (Phi) is 4.35. The smallest absolute Gasteiger partial charge is 0.0624 e. The van der Waals surface area contributed by atoms with Crippen LogP contribution in [-0.2, 0) is 4.74 Å². The molecule has 0 bridgehead atoms.